The van der Waals surface area contributed by atoms with Crippen molar-refractivity contribution in [2.24, 2.45) is 0 Å². The summed E-state index contributed by atoms with van der Waals surface area (Å²) in [5.41, 5.74) is 0.247. The number of fused-ring (bicyclic) bond motifs is 1. The number of hydrogen-bond donors (Lipinski definition) is 4. The molecule has 4 heterocycles. The molecule has 0 saturated carbocycles. The summed E-state index contributed by atoms with van der Waals surface area (Å²) in [5.74, 6) is -2.20. The van der Waals surface area contributed by atoms with Gasteiger partial charge in [0.2, 0.25) is 11.8 Å². The van der Waals surface area contributed by atoms with Crippen LogP contribution in [0.2, 0.25) is 0 Å². The van der Waals surface area contributed by atoms with Crippen molar-refractivity contribution in [1.82, 2.24) is 25.9 Å². The number of H-pyrrole nitrogens is 1. The molecule has 198 valence electrons. The SMILES string of the molecule is Cc1c(N(C(=O)[C@@H]2CCCN2)C(=O)[C@H](Cc2cnc[nH]2)NC(=O)[C@@H]2CCC(=O)N2)c(=O)oc2ccccc12. The van der Waals surface area contributed by atoms with Crippen molar-refractivity contribution >= 4 is 40.3 Å². The molecule has 2 aliphatic heterocycles. The number of para-hydroxylation sites is 1. The molecule has 0 spiro atoms. The van der Waals surface area contributed by atoms with Crippen molar-refractivity contribution in [2.75, 3.05) is 11.4 Å². The van der Waals surface area contributed by atoms with Gasteiger partial charge in [-0.25, -0.2) is 14.7 Å². The topological polar surface area (TPSA) is 166 Å². The fourth-order valence-electron chi connectivity index (χ4n) is 4.99. The fourth-order valence-corrected chi connectivity index (χ4v) is 4.99. The van der Waals surface area contributed by atoms with Crippen LogP contribution < -0.4 is 26.5 Å². The minimum atomic E-state index is -1.24. The molecule has 12 nitrogen and oxygen atoms in total. The summed E-state index contributed by atoms with van der Waals surface area (Å²) in [5, 5.41) is 8.94. The number of amides is 4. The predicted molar refractivity (Wildman–Crippen MR) is 136 cm³/mol. The number of imidazole rings is 1. The number of nitrogens with zero attached hydrogens (tertiary/aromatic N) is 2. The van der Waals surface area contributed by atoms with Crippen molar-refractivity contribution in [2.45, 2.75) is 57.2 Å². The number of imide groups is 1. The Hall–Kier alpha value is -4.32. The van der Waals surface area contributed by atoms with Crippen LogP contribution in [0.5, 0.6) is 0 Å². The molecule has 3 aromatic rings. The first-order chi connectivity index (χ1) is 18.3. The highest BCUT2D eigenvalue weighted by molar-refractivity contribution is 6.19. The van der Waals surface area contributed by atoms with Gasteiger partial charge in [0.1, 0.15) is 23.4 Å². The maximum absolute atomic E-state index is 14.2. The molecule has 1 aromatic carbocycles. The lowest BCUT2D eigenvalue weighted by Gasteiger charge is -2.29. The third-order valence-corrected chi connectivity index (χ3v) is 6.97. The summed E-state index contributed by atoms with van der Waals surface area (Å²) >= 11 is 0. The molecule has 0 unspecified atom stereocenters. The van der Waals surface area contributed by atoms with Gasteiger partial charge in [0.05, 0.1) is 12.4 Å². The monoisotopic (exact) mass is 520 g/mol. The number of rotatable bonds is 7. The van der Waals surface area contributed by atoms with Crippen molar-refractivity contribution in [3.8, 4) is 0 Å². The van der Waals surface area contributed by atoms with Gasteiger partial charge in [0.25, 0.3) is 11.8 Å². The minimum absolute atomic E-state index is 0.0227. The largest absolute Gasteiger partial charge is 0.421 e. The molecule has 0 bridgehead atoms. The van der Waals surface area contributed by atoms with Gasteiger partial charge in [-0.1, -0.05) is 18.2 Å². The molecule has 0 radical (unpaired) electrons. The highest BCUT2D eigenvalue weighted by atomic mass is 16.4. The second kappa shape index (κ2) is 10.6. The van der Waals surface area contributed by atoms with Crippen LogP contribution in [0.15, 0.2) is 46.0 Å². The summed E-state index contributed by atoms with van der Waals surface area (Å²) in [6.07, 6.45) is 4.63. The molecule has 4 amide bonds. The number of anilines is 1. The number of aromatic nitrogens is 2. The lowest BCUT2D eigenvalue weighted by Crippen LogP contribution is -2.58. The maximum Gasteiger partial charge on any atom is 0.361 e. The van der Waals surface area contributed by atoms with E-state index in [-0.39, 0.29) is 30.9 Å². The van der Waals surface area contributed by atoms with E-state index in [4.69, 9.17) is 4.42 Å². The lowest BCUT2D eigenvalue weighted by atomic mass is 10.0. The fraction of sp³-hybridized carbons (Fsp3) is 0.385. The van der Waals surface area contributed by atoms with Gasteiger partial charge in [0, 0.05) is 30.1 Å². The van der Waals surface area contributed by atoms with Gasteiger partial charge in [-0.05, 0) is 44.4 Å². The molecular weight excluding hydrogens is 492 g/mol. The van der Waals surface area contributed by atoms with E-state index in [9.17, 15) is 24.0 Å². The number of carbonyl (C=O) groups is 4. The second-order valence-corrected chi connectivity index (χ2v) is 9.52. The first kappa shape index (κ1) is 25.3. The highest BCUT2D eigenvalue weighted by Gasteiger charge is 2.40. The zero-order valence-corrected chi connectivity index (χ0v) is 20.8. The zero-order chi connectivity index (χ0) is 26.8. The van der Waals surface area contributed by atoms with Crippen LogP contribution in [0.4, 0.5) is 5.69 Å². The van der Waals surface area contributed by atoms with Gasteiger partial charge in [-0.3, -0.25) is 19.2 Å². The number of hydrogen-bond acceptors (Lipinski definition) is 8. The van der Waals surface area contributed by atoms with E-state index in [0.29, 0.717) is 35.2 Å². The Morgan fingerprint density at radius 2 is 2.00 bits per heavy atom. The first-order valence-corrected chi connectivity index (χ1v) is 12.5. The quantitative estimate of drug-likeness (QED) is 0.326. The van der Waals surface area contributed by atoms with Gasteiger partial charge in [0.15, 0.2) is 0 Å². The van der Waals surface area contributed by atoms with Crippen LogP contribution >= 0.6 is 0 Å². The zero-order valence-electron chi connectivity index (χ0n) is 20.8. The van der Waals surface area contributed by atoms with Crippen molar-refractivity contribution < 1.29 is 23.6 Å². The Labute approximate surface area is 217 Å². The molecule has 5 rings (SSSR count). The van der Waals surface area contributed by atoms with E-state index in [1.165, 1.54) is 12.5 Å². The normalized spacial score (nSPS) is 19.8. The van der Waals surface area contributed by atoms with E-state index >= 15 is 0 Å². The average molecular weight is 521 g/mol. The number of carbonyl (C=O) groups excluding carboxylic acids is 4. The molecule has 3 atom stereocenters. The van der Waals surface area contributed by atoms with Crippen molar-refractivity contribution in [3.05, 3.63) is 58.5 Å². The summed E-state index contributed by atoms with van der Waals surface area (Å²) < 4.78 is 5.50. The highest BCUT2D eigenvalue weighted by Crippen LogP contribution is 2.27. The predicted octanol–water partition coefficient (Wildman–Crippen LogP) is 0.442. The Kier molecular flexibility index (Phi) is 7.05. The molecule has 2 fully saturated rings. The van der Waals surface area contributed by atoms with Gasteiger partial charge in [-0.15, -0.1) is 0 Å². The summed E-state index contributed by atoms with van der Waals surface area (Å²) in [6.45, 7) is 2.25. The van der Waals surface area contributed by atoms with Crippen molar-refractivity contribution in [1.29, 1.82) is 0 Å². The number of aromatic amines is 1. The number of benzene rings is 1. The summed E-state index contributed by atoms with van der Waals surface area (Å²) in [4.78, 5) is 73.6. The standard InChI is InChI=1S/C26H28N6O6/c1-14-16-5-2-3-7-20(16)38-26(37)22(14)32(24(35)18-6-4-10-28-18)25(36)19(11-15-12-27-13-29-15)31-23(34)17-8-9-21(33)30-17/h2-3,5,7,12-13,17-19,28H,4,6,8-11H2,1H3,(H,27,29)(H,30,33)(H,31,34)/t17-,18-,19-/m0/s1. The first-order valence-electron chi connectivity index (χ1n) is 12.5. The maximum atomic E-state index is 14.2. The van der Waals surface area contributed by atoms with Crippen molar-refractivity contribution in [3.63, 3.8) is 0 Å². The van der Waals surface area contributed by atoms with Crippen LogP contribution in [0.25, 0.3) is 11.0 Å². The van der Waals surface area contributed by atoms with Crippen LogP contribution in [0.1, 0.15) is 36.9 Å². The number of nitrogens with one attached hydrogen (secondary N) is 4. The Balaban J connectivity index is 1.57. The van der Waals surface area contributed by atoms with Gasteiger partial charge >= 0.3 is 5.63 Å². The Morgan fingerprint density at radius 1 is 1.18 bits per heavy atom. The van der Waals surface area contributed by atoms with Gasteiger partial charge in [-0.2, -0.15) is 0 Å². The van der Waals surface area contributed by atoms with Crippen LogP contribution in [0.3, 0.4) is 0 Å². The Bertz CT molecular complexity index is 1440. The molecule has 38 heavy (non-hydrogen) atoms. The summed E-state index contributed by atoms with van der Waals surface area (Å²) in [7, 11) is 0. The minimum Gasteiger partial charge on any atom is -0.421 e. The molecule has 2 aromatic heterocycles. The average Bonchev–Trinajstić information content (AvgIpc) is 3.69. The third kappa shape index (κ3) is 4.94. The molecule has 2 aliphatic rings. The van der Waals surface area contributed by atoms with Gasteiger partial charge < -0.3 is 25.4 Å². The van der Waals surface area contributed by atoms with E-state index in [1.807, 2.05) is 0 Å². The van der Waals surface area contributed by atoms with E-state index in [0.717, 1.165) is 11.3 Å². The molecule has 2 saturated heterocycles. The molecule has 12 heteroatoms. The second-order valence-electron chi connectivity index (χ2n) is 9.52. The molecule has 4 N–H and O–H groups in total. The lowest BCUT2D eigenvalue weighted by molar-refractivity contribution is -0.132. The van der Waals surface area contributed by atoms with Crippen LogP contribution in [-0.4, -0.2) is 58.3 Å². The summed E-state index contributed by atoms with van der Waals surface area (Å²) in [6, 6.07) is 4.15. The molecule has 0 aliphatic carbocycles. The number of aryl methyl sites for hydroxylation is 1. The molecular formula is C26H28N6O6. The third-order valence-electron chi connectivity index (χ3n) is 6.97. The smallest absolute Gasteiger partial charge is 0.361 e. The van der Waals surface area contributed by atoms with E-state index < -0.39 is 41.5 Å². The van der Waals surface area contributed by atoms with E-state index in [1.54, 1.807) is 31.2 Å². The van der Waals surface area contributed by atoms with Crippen LogP contribution in [-0.2, 0) is 25.6 Å². The Morgan fingerprint density at radius 3 is 2.68 bits per heavy atom. The van der Waals surface area contributed by atoms with Crippen LogP contribution in [0, 0.1) is 6.92 Å². The van der Waals surface area contributed by atoms with E-state index in [2.05, 4.69) is 25.9 Å².